The molecule has 3 aromatic rings. The number of amides is 1. The van der Waals surface area contributed by atoms with Crippen molar-refractivity contribution in [3.63, 3.8) is 0 Å². The van der Waals surface area contributed by atoms with Crippen LogP contribution in [-0.4, -0.2) is 35.0 Å². The maximum absolute atomic E-state index is 12.4. The highest BCUT2D eigenvalue weighted by Crippen LogP contribution is 2.29. The molecule has 0 N–H and O–H groups in total. The largest absolute Gasteiger partial charge is 0.467 e. The predicted octanol–water partition coefficient (Wildman–Crippen LogP) is 4.30. The topological polar surface area (TPSA) is 42.4 Å². The number of rotatable bonds is 5. The highest BCUT2D eigenvalue weighted by Gasteiger charge is 2.24. The van der Waals surface area contributed by atoms with Crippen molar-refractivity contribution in [2.75, 3.05) is 13.1 Å². The first kappa shape index (κ1) is 17.0. The van der Waals surface area contributed by atoms with Crippen LogP contribution in [-0.2, 0) is 11.2 Å². The molecule has 0 atom stereocenters. The van der Waals surface area contributed by atoms with E-state index in [-0.39, 0.29) is 12.0 Å². The summed E-state index contributed by atoms with van der Waals surface area (Å²) < 4.78 is 7.22. The molecule has 0 aliphatic carbocycles. The summed E-state index contributed by atoms with van der Waals surface area (Å²) in [5.41, 5.74) is 2.20. The van der Waals surface area contributed by atoms with E-state index in [1.54, 1.807) is 11.3 Å². The number of carbonyl (C=O) groups is 1. The van der Waals surface area contributed by atoms with Crippen molar-refractivity contribution in [3.8, 4) is 5.19 Å². The van der Waals surface area contributed by atoms with Gasteiger partial charge in [0.05, 0.1) is 10.2 Å². The summed E-state index contributed by atoms with van der Waals surface area (Å²) in [6.07, 6.45) is 3.27. The minimum Gasteiger partial charge on any atom is -0.467 e. The number of hydrogen-bond donors (Lipinski definition) is 0. The van der Waals surface area contributed by atoms with E-state index >= 15 is 0 Å². The summed E-state index contributed by atoms with van der Waals surface area (Å²) in [5, 5.41) is 0.736. The molecule has 0 saturated carbocycles. The number of aryl methyl sites for hydroxylation is 1. The van der Waals surface area contributed by atoms with Gasteiger partial charge < -0.3 is 9.64 Å². The lowest BCUT2D eigenvalue weighted by molar-refractivity contribution is -0.132. The molecule has 0 bridgehead atoms. The van der Waals surface area contributed by atoms with Gasteiger partial charge in [0.2, 0.25) is 5.91 Å². The summed E-state index contributed by atoms with van der Waals surface area (Å²) in [6, 6.07) is 18.3. The normalized spacial score (nSPS) is 15.3. The Balaban J connectivity index is 1.26. The van der Waals surface area contributed by atoms with E-state index in [4.69, 9.17) is 4.74 Å². The third-order valence-corrected chi connectivity index (χ3v) is 5.73. The van der Waals surface area contributed by atoms with E-state index in [0.717, 1.165) is 47.8 Å². The van der Waals surface area contributed by atoms with E-state index in [1.807, 2.05) is 41.3 Å². The number of thiazole rings is 1. The number of piperidine rings is 1. The molecule has 0 radical (unpaired) electrons. The van der Waals surface area contributed by atoms with Crippen molar-refractivity contribution in [2.45, 2.75) is 31.8 Å². The Morgan fingerprint density at radius 1 is 1.08 bits per heavy atom. The second kappa shape index (κ2) is 7.87. The van der Waals surface area contributed by atoms with Gasteiger partial charge in [-0.1, -0.05) is 53.8 Å². The Labute approximate surface area is 157 Å². The number of carbonyl (C=O) groups excluding carboxylic acids is 1. The van der Waals surface area contributed by atoms with Gasteiger partial charge in [-0.05, 0) is 24.1 Å². The monoisotopic (exact) mass is 366 g/mol. The molecule has 1 aromatic heterocycles. The molecule has 0 spiro atoms. The number of nitrogens with zero attached hydrogens (tertiary/aromatic N) is 2. The molecular formula is C21H22N2O2S. The summed E-state index contributed by atoms with van der Waals surface area (Å²) in [5.74, 6) is 0.243. The van der Waals surface area contributed by atoms with E-state index in [0.29, 0.717) is 6.42 Å². The number of ether oxygens (including phenoxy) is 1. The lowest BCUT2D eigenvalue weighted by atomic mass is 10.1. The van der Waals surface area contributed by atoms with E-state index in [9.17, 15) is 4.79 Å². The SMILES string of the molecule is O=C(CCc1ccccc1)N1CCC(Oc2nc3ccccc3s2)CC1. The lowest BCUT2D eigenvalue weighted by Crippen LogP contribution is -2.41. The minimum atomic E-state index is 0.147. The maximum atomic E-state index is 12.4. The first-order valence-electron chi connectivity index (χ1n) is 9.12. The predicted molar refractivity (Wildman–Crippen MR) is 105 cm³/mol. The first-order valence-corrected chi connectivity index (χ1v) is 9.93. The maximum Gasteiger partial charge on any atom is 0.274 e. The molecule has 4 nitrogen and oxygen atoms in total. The summed E-state index contributed by atoms with van der Waals surface area (Å²) >= 11 is 1.59. The van der Waals surface area contributed by atoms with Crippen molar-refractivity contribution in [2.24, 2.45) is 0 Å². The van der Waals surface area contributed by atoms with E-state index < -0.39 is 0 Å². The third kappa shape index (κ3) is 4.05. The fraction of sp³-hybridized carbons (Fsp3) is 0.333. The number of hydrogen-bond acceptors (Lipinski definition) is 4. The average Bonchev–Trinajstić information content (AvgIpc) is 3.10. The average molecular weight is 366 g/mol. The zero-order chi connectivity index (χ0) is 17.8. The summed E-state index contributed by atoms with van der Waals surface area (Å²) in [4.78, 5) is 18.9. The van der Waals surface area contributed by atoms with Crippen LogP contribution in [0.15, 0.2) is 54.6 Å². The van der Waals surface area contributed by atoms with Crippen molar-refractivity contribution in [1.82, 2.24) is 9.88 Å². The summed E-state index contributed by atoms with van der Waals surface area (Å²) in [6.45, 7) is 1.53. The van der Waals surface area contributed by atoms with Gasteiger partial charge in [-0.3, -0.25) is 4.79 Å². The lowest BCUT2D eigenvalue weighted by Gasteiger charge is -2.31. The van der Waals surface area contributed by atoms with Crippen LogP contribution in [0, 0.1) is 0 Å². The Bertz CT molecular complexity index is 837. The Morgan fingerprint density at radius 3 is 2.58 bits per heavy atom. The van der Waals surface area contributed by atoms with Crippen LogP contribution in [0.5, 0.6) is 5.19 Å². The Morgan fingerprint density at radius 2 is 1.81 bits per heavy atom. The number of fused-ring (bicyclic) bond motifs is 1. The van der Waals surface area contributed by atoms with Gasteiger partial charge in [-0.25, -0.2) is 4.98 Å². The van der Waals surface area contributed by atoms with Gasteiger partial charge in [0.25, 0.3) is 5.19 Å². The van der Waals surface area contributed by atoms with Gasteiger partial charge in [0.1, 0.15) is 6.10 Å². The Hall–Kier alpha value is -2.40. The van der Waals surface area contributed by atoms with Crippen LogP contribution < -0.4 is 4.74 Å². The van der Waals surface area contributed by atoms with Crippen molar-refractivity contribution < 1.29 is 9.53 Å². The van der Waals surface area contributed by atoms with Crippen molar-refractivity contribution in [1.29, 1.82) is 0 Å². The molecule has 0 unspecified atom stereocenters. The highest BCUT2D eigenvalue weighted by molar-refractivity contribution is 7.20. The molecule has 2 heterocycles. The summed E-state index contributed by atoms with van der Waals surface area (Å²) in [7, 11) is 0. The molecular weight excluding hydrogens is 344 g/mol. The molecule has 1 saturated heterocycles. The number of benzene rings is 2. The van der Waals surface area contributed by atoms with Crippen molar-refractivity contribution in [3.05, 3.63) is 60.2 Å². The molecule has 1 aliphatic heterocycles. The highest BCUT2D eigenvalue weighted by atomic mass is 32.1. The standard InChI is InChI=1S/C21H22N2O2S/c24-20(11-10-16-6-2-1-3-7-16)23-14-12-17(13-15-23)25-21-22-18-8-4-5-9-19(18)26-21/h1-9,17H,10-15H2. The smallest absolute Gasteiger partial charge is 0.274 e. The first-order chi connectivity index (χ1) is 12.8. The number of likely N-dealkylation sites (tertiary alicyclic amines) is 1. The van der Waals surface area contributed by atoms with Gasteiger partial charge in [0, 0.05) is 32.4 Å². The number of aromatic nitrogens is 1. The molecule has 134 valence electrons. The molecule has 1 aliphatic rings. The van der Waals surface area contributed by atoms with Crippen LogP contribution in [0.2, 0.25) is 0 Å². The third-order valence-electron chi connectivity index (χ3n) is 4.81. The van der Waals surface area contributed by atoms with Crippen molar-refractivity contribution >= 4 is 27.5 Å². The van der Waals surface area contributed by atoms with Gasteiger partial charge in [0.15, 0.2) is 0 Å². The van der Waals surface area contributed by atoms with E-state index in [1.165, 1.54) is 5.56 Å². The molecule has 1 fully saturated rings. The fourth-order valence-electron chi connectivity index (χ4n) is 3.32. The van der Waals surface area contributed by atoms with Gasteiger partial charge in [-0.2, -0.15) is 0 Å². The van der Waals surface area contributed by atoms with E-state index in [2.05, 4.69) is 23.2 Å². The second-order valence-electron chi connectivity index (χ2n) is 6.63. The van der Waals surface area contributed by atoms with Gasteiger partial charge >= 0.3 is 0 Å². The molecule has 26 heavy (non-hydrogen) atoms. The van der Waals surface area contributed by atoms with Crippen LogP contribution in [0.25, 0.3) is 10.2 Å². The van der Waals surface area contributed by atoms with Gasteiger partial charge in [-0.15, -0.1) is 0 Å². The molecule has 1 amide bonds. The zero-order valence-electron chi connectivity index (χ0n) is 14.6. The van der Waals surface area contributed by atoms with Crippen LogP contribution in [0.1, 0.15) is 24.8 Å². The zero-order valence-corrected chi connectivity index (χ0v) is 15.5. The van der Waals surface area contributed by atoms with Crippen LogP contribution >= 0.6 is 11.3 Å². The second-order valence-corrected chi connectivity index (χ2v) is 7.62. The van der Waals surface area contributed by atoms with Crippen LogP contribution in [0.4, 0.5) is 0 Å². The molecule has 4 rings (SSSR count). The molecule has 2 aromatic carbocycles. The number of para-hydroxylation sites is 1. The fourth-order valence-corrected chi connectivity index (χ4v) is 4.20. The quantitative estimate of drug-likeness (QED) is 0.676. The minimum absolute atomic E-state index is 0.147. The molecule has 5 heteroatoms. The van der Waals surface area contributed by atoms with Crippen LogP contribution in [0.3, 0.4) is 0 Å². The Kier molecular flexibility index (Phi) is 5.16.